The van der Waals surface area contributed by atoms with Crippen LogP contribution >= 0.6 is 0 Å². The van der Waals surface area contributed by atoms with Crippen LogP contribution in [0.1, 0.15) is 76.8 Å². The van der Waals surface area contributed by atoms with E-state index in [1.54, 1.807) is 11.0 Å². The number of aliphatic hydroxyl groups excluding tert-OH is 1. The Bertz CT molecular complexity index is 1110. The third kappa shape index (κ3) is 5.73. The minimum Gasteiger partial charge on any atom is -0.465 e. The number of carbonyl (C=O) groups excluding carboxylic acids is 3. The van der Waals surface area contributed by atoms with Gasteiger partial charge in [0, 0.05) is 13.1 Å². The molecule has 1 aromatic rings. The summed E-state index contributed by atoms with van der Waals surface area (Å²) in [7, 11) is 0. The molecule has 3 saturated heterocycles. The molecular weight excluding hydrogens is 520 g/mol. The molecule has 2 amide bonds. The summed E-state index contributed by atoms with van der Waals surface area (Å²) >= 11 is 0. The maximum absolute atomic E-state index is 14.5. The lowest BCUT2D eigenvalue weighted by Crippen LogP contribution is -2.57. The van der Waals surface area contributed by atoms with Gasteiger partial charge in [-0.1, -0.05) is 62.2 Å². The van der Waals surface area contributed by atoms with Gasteiger partial charge in [0.25, 0.3) is 0 Å². The van der Waals surface area contributed by atoms with Crippen molar-refractivity contribution >= 4 is 17.8 Å². The van der Waals surface area contributed by atoms with Crippen LogP contribution < -0.4 is 0 Å². The molecule has 0 saturated carbocycles. The van der Waals surface area contributed by atoms with Crippen LogP contribution in [0.25, 0.3) is 0 Å². The van der Waals surface area contributed by atoms with E-state index in [4.69, 9.17) is 9.47 Å². The highest BCUT2D eigenvalue weighted by molar-refractivity contribution is 5.98. The van der Waals surface area contributed by atoms with E-state index in [2.05, 4.69) is 20.1 Å². The van der Waals surface area contributed by atoms with Crippen LogP contribution in [0.4, 0.5) is 0 Å². The molecule has 1 aromatic carbocycles. The molecule has 6 atom stereocenters. The van der Waals surface area contributed by atoms with Crippen LogP contribution in [0.5, 0.6) is 0 Å². The van der Waals surface area contributed by atoms with E-state index in [-0.39, 0.29) is 25.0 Å². The first-order valence-corrected chi connectivity index (χ1v) is 15.1. The second-order valence-corrected chi connectivity index (χ2v) is 11.8. The summed E-state index contributed by atoms with van der Waals surface area (Å²) in [6.07, 6.45) is 9.75. The summed E-state index contributed by atoms with van der Waals surface area (Å²) in [5, 5.41) is 10.6. The highest BCUT2D eigenvalue weighted by atomic mass is 16.6. The Morgan fingerprint density at radius 2 is 1.93 bits per heavy atom. The number of allylic oxidation sites excluding steroid dienone is 1. The third-order valence-electron chi connectivity index (χ3n) is 9.14. The zero-order chi connectivity index (χ0) is 29.6. The van der Waals surface area contributed by atoms with Gasteiger partial charge in [-0.2, -0.15) is 0 Å². The van der Waals surface area contributed by atoms with Crippen molar-refractivity contribution < 1.29 is 29.0 Å². The highest BCUT2D eigenvalue weighted by Gasteiger charge is 2.79. The number of amides is 2. The second kappa shape index (κ2) is 13.3. The topological polar surface area (TPSA) is 96.4 Å². The van der Waals surface area contributed by atoms with E-state index in [0.29, 0.717) is 32.4 Å². The van der Waals surface area contributed by atoms with Crippen LogP contribution in [0, 0.1) is 11.8 Å². The first-order valence-electron chi connectivity index (χ1n) is 15.1. The number of carbonyl (C=O) groups is 3. The molecule has 3 aliphatic heterocycles. The number of esters is 1. The zero-order valence-corrected chi connectivity index (χ0v) is 24.6. The van der Waals surface area contributed by atoms with Gasteiger partial charge in [0.2, 0.25) is 11.8 Å². The number of benzene rings is 1. The Hall–Kier alpha value is -2.97. The van der Waals surface area contributed by atoms with Gasteiger partial charge >= 0.3 is 5.97 Å². The van der Waals surface area contributed by atoms with Gasteiger partial charge in [-0.05, 0) is 51.0 Å². The van der Waals surface area contributed by atoms with Gasteiger partial charge < -0.3 is 24.4 Å². The predicted molar refractivity (Wildman–Crippen MR) is 157 cm³/mol. The molecular formula is C33H46N2O6. The van der Waals surface area contributed by atoms with Gasteiger partial charge in [-0.25, -0.2) is 0 Å². The van der Waals surface area contributed by atoms with E-state index in [1.165, 1.54) is 4.90 Å². The number of unbranched alkanes of at least 4 members (excludes halogenated alkanes) is 4. The largest absolute Gasteiger partial charge is 0.465 e. The molecule has 8 heteroatoms. The molecule has 0 radical (unpaired) electrons. The average molecular weight is 567 g/mol. The van der Waals surface area contributed by atoms with Crippen LogP contribution in [0.15, 0.2) is 55.6 Å². The summed E-state index contributed by atoms with van der Waals surface area (Å²) in [6, 6.07) is 7.51. The van der Waals surface area contributed by atoms with Gasteiger partial charge in [0.15, 0.2) is 0 Å². The molecule has 2 bridgehead atoms. The smallest absolute Gasteiger partial charge is 0.312 e. The Labute approximate surface area is 244 Å². The second-order valence-electron chi connectivity index (χ2n) is 11.8. The van der Waals surface area contributed by atoms with Crippen LogP contribution in [-0.4, -0.2) is 76.2 Å². The molecule has 0 aromatic heterocycles. The Balaban J connectivity index is 1.73. The molecule has 224 valence electrons. The third-order valence-corrected chi connectivity index (χ3v) is 9.14. The van der Waals surface area contributed by atoms with Gasteiger partial charge in [0.05, 0.1) is 30.8 Å². The number of nitrogens with zero attached hydrogens (tertiary/aromatic N) is 2. The van der Waals surface area contributed by atoms with Crippen LogP contribution in [-0.2, 0) is 23.9 Å². The van der Waals surface area contributed by atoms with Crippen molar-refractivity contribution in [2.24, 2.45) is 11.8 Å². The predicted octanol–water partition coefficient (Wildman–Crippen LogP) is 4.59. The number of rotatable bonds is 16. The average Bonchev–Trinajstić information content (AvgIpc) is 3.54. The molecule has 0 aliphatic carbocycles. The minimum absolute atomic E-state index is 0.228. The fourth-order valence-corrected chi connectivity index (χ4v) is 7.19. The highest BCUT2D eigenvalue weighted by Crippen LogP contribution is 2.64. The summed E-state index contributed by atoms with van der Waals surface area (Å²) in [4.78, 5) is 45.9. The molecule has 2 unspecified atom stereocenters. The Morgan fingerprint density at radius 1 is 1.17 bits per heavy atom. The van der Waals surface area contributed by atoms with E-state index >= 15 is 0 Å². The zero-order valence-electron chi connectivity index (χ0n) is 24.6. The maximum atomic E-state index is 14.5. The summed E-state index contributed by atoms with van der Waals surface area (Å²) in [5.74, 6) is -2.71. The molecule has 4 rings (SSSR count). The van der Waals surface area contributed by atoms with Crippen LogP contribution in [0.2, 0.25) is 0 Å². The lowest BCUT2D eigenvalue weighted by atomic mass is 9.66. The number of hydrogen-bond donors (Lipinski definition) is 1. The van der Waals surface area contributed by atoms with Gasteiger partial charge in [-0.15, -0.1) is 13.2 Å². The maximum Gasteiger partial charge on any atom is 0.312 e. The number of likely N-dealkylation sites (tertiary alicyclic amines) is 1. The molecule has 1 spiro atoms. The van der Waals surface area contributed by atoms with Crippen molar-refractivity contribution in [3.8, 4) is 0 Å². The fourth-order valence-electron chi connectivity index (χ4n) is 7.19. The van der Waals surface area contributed by atoms with E-state index in [1.807, 2.05) is 43.3 Å². The first-order chi connectivity index (χ1) is 19.8. The first kappa shape index (κ1) is 31.0. The van der Waals surface area contributed by atoms with E-state index in [0.717, 1.165) is 37.7 Å². The molecule has 41 heavy (non-hydrogen) atoms. The van der Waals surface area contributed by atoms with Gasteiger partial charge in [-0.3, -0.25) is 14.4 Å². The van der Waals surface area contributed by atoms with E-state index < -0.39 is 41.1 Å². The standard InChI is InChI=1S/C33H46N2O6/c1-5-8-10-15-22-40-31(39)27-26-29(37)35(25(23-36)24-16-12-11-13-17-24)28(33(26)19-18-32(27,4)41-33)30(38)34(20-7-3)21-14-9-6-2/h5,7,11-13,16-17,25-28,36H,1,3,6,8-10,14-15,18-23H2,2,4H3/t25-,26+,27-,28?,32+,33?/m1/s1. The van der Waals surface area contributed by atoms with Crippen molar-refractivity contribution in [3.05, 3.63) is 61.2 Å². The molecule has 3 aliphatic rings. The van der Waals surface area contributed by atoms with Crippen molar-refractivity contribution in [3.63, 3.8) is 0 Å². The van der Waals surface area contributed by atoms with Gasteiger partial charge in [0.1, 0.15) is 17.6 Å². The van der Waals surface area contributed by atoms with Crippen molar-refractivity contribution in [1.82, 2.24) is 9.80 Å². The quantitative estimate of drug-likeness (QED) is 0.179. The van der Waals surface area contributed by atoms with Crippen molar-refractivity contribution in [1.29, 1.82) is 0 Å². The molecule has 3 heterocycles. The normalized spacial score (nSPS) is 28.8. The molecule has 1 N–H and O–H groups in total. The van der Waals surface area contributed by atoms with Crippen LogP contribution in [0.3, 0.4) is 0 Å². The molecule has 3 fully saturated rings. The number of fused-ring (bicyclic) bond motifs is 1. The lowest BCUT2D eigenvalue weighted by Gasteiger charge is -2.39. The lowest BCUT2D eigenvalue weighted by molar-refractivity contribution is -0.162. The monoisotopic (exact) mass is 566 g/mol. The summed E-state index contributed by atoms with van der Waals surface area (Å²) in [5.41, 5.74) is -1.36. The van der Waals surface area contributed by atoms with Crippen molar-refractivity contribution in [2.45, 2.75) is 88.5 Å². The fraction of sp³-hybridized carbons (Fsp3) is 0.606. The van der Waals surface area contributed by atoms with E-state index in [9.17, 15) is 19.5 Å². The minimum atomic E-state index is -1.18. The Morgan fingerprint density at radius 3 is 2.59 bits per heavy atom. The number of ether oxygens (including phenoxy) is 2. The number of aliphatic hydroxyl groups is 1. The summed E-state index contributed by atoms with van der Waals surface area (Å²) in [6.45, 7) is 12.3. The molecule has 8 nitrogen and oxygen atoms in total. The number of hydrogen-bond acceptors (Lipinski definition) is 6. The van der Waals surface area contributed by atoms with Crippen molar-refractivity contribution in [2.75, 3.05) is 26.3 Å². The SMILES string of the molecule is C=CCCCCOC(=O)[C@H]1[C@H]2C(=O)N([C@H](CO)c3ccccc3)C(C(=O)N(CC=C)CCCCC)C23CC[C@]1(C)O3. The summed E-state index contributed by atoms with van der Waals surface area (Å²) < 4.78 is 12.5. The Kier molecular flexibility index (Phi) is 10.1.